The van der Waals surface area contributed by atoms with Crippen LogP contribution in [-0.2, 0) is 6.18 Å². The van der Waals surface area contributed by atoms with Crippen LogP contribution in [0.25, 0.3) is 0 Å². The predicted octanol–water partition coefficient (Wildman–Crippen LogP) is 4.58. The summed E-state index contributed by atoms with van der Waals surface area (Å²) in [6.07, 6.45) is -5.38. The molecule has 7 heteroatoms. The Morgan fingerprint density at radius 3 is 1.75 bits per heavy atom. The second-order valence-electron chi connectivity index (χ2n) is 3.06. The fraction of sp³-hybridized carbons (Fsp3) is 0.333. The van der Waals surface area contributed by atoms with Crippen LogP contribution in [0.3, 0.4) is 0 Å². The summed E-state index contributed by atoms with van der Waals surface area (Å²) in [6, 6.07) is 4.31. The Hall–Kier alpha value is 0.410. The summed E-state index contributed by atoms with van der Waals surface area (Å²) in [5.74, 6) is 0. The number of halogens is 6. The lowest BCUT2D eigenvalue weighted by Crippen LogP contribution is -2.15. The van der Waals surface area contributed by atoms with Crippen LogP contribution in [0.1, 0.15) is 17.2 Å². The zero-order chi connectivity index (χ0) is 12.6. The number of benzene rings is 1. The molecule has 1 rings (SSSR count). The Balaban J connectivity index is 2.96. The number of hydrogen-bond acceptors (Lipinski definition) is 1. The lowest BCUT2D eigenvalue weighted by molar-refractivity contribution is -0.137. The van der Waals surface area contributed by atoms with Crippen LogP contribution in [0, 0.1) is 0 Å². The zero-order valence-electron chi connectivity index (χ0n) is 7.60. The molecular weight excluding hydrogens is 421 g/mol. The van der Waals surface area contributed by atoms with Gasteiger partial charge in [0.2, 0.25) is 0 Å². The number of alkyl halides is 6. The molecule has 0 saturated heterocycles. The number of aliphatic hydroxyl groups is 1. The molecule has 1 aromatic rings. The molecule has 1 atom stereocenters. The molecule has 0 heterocycles. The van der Waals surface area contributed by atoms with E-state index in [1.807, 2.05) is 0 Å². The van der Waals surface area contributed by atoms with Crippen LogP contribution in [0.2, 0.25) is 0 Å². The van der Waals surface area contributed by atoms with Crippen molar-refractivity contribution < 1.29 is 18.3 Å². The summed E-state index contributed by atoms with van der Waals surface area (Å²) in [5.41, 5.74) is -0.383. The van der Waals surface area contributed by atoms with Crippen LogP contribution in [-0.4, -0.2) is 7.25 Å². The van der Waals surface area contributed by atoms with Crippen molar-refractivity contribution in [3.05, 3.63) is 35.4 Å². The Kier molecular flexibility index (Phi) is 4.48. The van der Waals surface area contributed by atoms with E-state index in [1.54, 1.807) is 0 Å². The van der Waals surface area contributed by atoms with E-state index in [0.29, 0.717) is 5.56 Å². The van der Waals surface area contributed by atoms with Crippen LogP contribution < -0.4 is 0 Å². The minimum atomic E-state index is -4.36. The van der Waals surface area contributed by atoms with Gasteiger partial charge in [0.25, 0.3) is 0 Å². The SMILES string of the molecule is OC(c1ccc(C(F)(F)F)cc1)C(Br)(Br)Br. The van der Waals surface area contributed by atoms with Crippen LogP contribution >= 0.6 is 47.8 Å². The predicted molar refractivity (Wildman–Crippen MR) is 65.9 cm³/mol. The van der Waals surface area contributed by atoms with Crippen molar-refractivity contribution in [2.45, 2.75) is 14.4 Å². The van der Waals surface area contributed by atoms with Gasteiger partial charge < -0.3 is 5.11 Å². The van der Waals surface area contributed by atoms with Crippen LogP contribution in [0.4, 0.5) is 13.2 Å². The highest BCUT2D eigenvalue weighted by molar-refractivity contribution is 9.39. The molecule has 0 fully saturated rings. The normalized spacial score (nSPS) is 14.9. The highest BCUT2D eigenvalue weighted by Gasteiger charge is 2.33. The smallest absolute Gasteiger partial charge is 0.385 e. The van der Waals surface area contributed by atoms with Gasteiger partial charge in [-0.05, 0) is 17.7 Å². The summed E-state index contributed by atoms with van der Waals surface area (Å²) in [4.78, 5) is 0. The number of rotatable bonds is 1. The van der Waals surface area contributed by atoms with Gasteiger partial charge in [-0.25, -0.2) is 0 Å². The number of hydrogen-bond donors (Lipinski definition) is 1. The molecule has 90 valence electrons. The second kappa shape index (κ2) is 4.96. The highest BCUT2D eigenvalue weighted by atomic mass is 80.0. The maximum atomic E-state index is 12.3. The highest BCUT2D eigenvalue weighted by Crippen LogP contribution is 2.45. The summed E-state index contributed by atoms with van der Waals surface area (Å²) >= 11 is 9.30. The topological polar surface area (TPSA) is 20.2 Å². The summed E-state index contributed by atoms with van der Waals surface area (Å²) in [5, 5.41) is 9.73. The average Bonchev–Trinajstić information content (AvgIpc) is 2.14. The summed E-state index contributed by atoms with van der Waals surface area (Å²) in [6.45, 7) is 0. The molecule has 0 saturated carbocycles. The van der Waals surface area contributed by atoms with E-state index in [4.69, 9.17) is 0 Å². The molecule has 0 aliphatic heterocycles. The van der Waals surface area contributed by atoms with Gasteiger partial charge in [0.1, 0.15) is 6.10 Å². The van der Waals surface area contributed by atoms with Crippen molar-refractivity contribution >= 4 is 47.8 Å². The van der Waals surface area contributed by atoms with Gasteiger partial charge in [-0.2, -0.15) is 13.2 Å². The molecule has 0 spiro atoms. The Labute approximate surface area is 115 Å². The lowest BCUT2D eigenvalue weighted by atomic mass is 10.1. The van der Waals surface area contributed by atoms with E-state index in [2.05, 4.69) is 47.8 Å². The first-order chi connectivity index (χ1) is 7.12. The molecule has 16 heavy (non-hydrogen) atoms. The molecule has 1 aromatic carbocycles. The Morgan fingerprint density at radius 2 is 1.44 bits per heavy atom. The van der Waals surface area contributed by atoms with Gasteiger partial charge in [0, 0.05) is 0 Å². The zero-order valence-corrected chi connectivity index (χ0v) is 12.4. The van der Waals surface area contributed by atoms with Crippen LogP contribution in [0.5, 0.6) is 0 Å². The molecule has 0 bridgehead atoms. The van der Waals surface area contributed by atoms with Gasteiger partial charge in [-0.1, -0.05) is 59.9 Å². The molecule has 0 radical (unpaired) electrons. The van der Waals surface area contributed by atoms with Crippen molar-refractivity contribution in [3.8, 4) is 0 Å². The summed E-state index contributed by atoms with van der Waals surface area (Å²) < 4.78 is 35.8. The fourth-order valence-corrected chi connectivity index (χ4v) is 1.84. The first-order valence-electron chi connectivity index (χ1n) is 4.04. The molecule has 0 aliphatic rings. The number of aliphatic hydroxyl groups excluding tert-OH is 1. The van der Waals surface area contributed by atoms with E-state index >= 15 is 0 Å². The lowest BCUT2D eigenvalue weighted by Gasteiger charge is -2.20. The van der Waals surface area contributed by atoms with Gasteiger partial charge in [-0.15, -0.1) is 0 Å². The van der Waals surface area contributed by atoms with Gasteiger partial charge >= 0.3 is 6.18 Å². The molecule has 1 N–H and O–H groups in total. The van der Waals surface area contributed by atoms with Crippen molar-refractivity contribution in [3.63, 3.8) is 0 Å². The minimum Gasteiger partial charge on any atom is -0.385 e. The van der Waals surface area contributed by atoms with E-state index in [1.165, 1.54) is 12.1 Å². The average molecular weight is 427 g/mol. The minimum absolute atomic E-state index is 0.360. The molecule has 0 aromatic heterocycles. The largest absolute Gasteiger partial charge is 0.416 e. The first-order valence-corrected chi connectivity index (χ1v) is 6.42. The molecule has 0 amide bonds. The third-order valence-corrected chi connectivity index (χ3v) is 3.16. The van der Waals surface area contributed by atoms with E-state index < -0.39 is 20.0 Å². The van der Waals surface area contributed by atoms with Crippen molar-refractivity contribution in [1.82, 2.24) is 0 Å². The molecule has 0 aliphatic carbocycles. The van der Waals surface area contributed by atoms with Gasteiger partial charge in [0.05, 0.1) is 5.56 Å². The molecule has 1 nitrogen and oxygen atoms in total. The molecule has 1 unspecified atom stereocenters. The standard InChI is InChI=1S/C9H6Br3F3O/c10-8(11,12)7(16)5-1-3-6(4-2-5)9(13,14)15/h1-4,7,16H. The van der Waals surface area contributed by atoms with Crippen molar-refractivity contribution in [2.24, 2.45) is 0 Å². The maximum Gasteiger partial charge on any atom is 0.416 e. The van der Waals surface area contributed by atoms with E-state index in [0.717, 1.165) is 12.1 Å². The van der Waals surface area contributed by atoms with Gasteiger partial charge in [-0.3, -0.25) is 0 Å². The van der Waals surface area contributed by atoms with Crippen molar-refractivity contribution in [1.29, 1.82) is 0 Å². The molecular formula is C9H6Br3F3O. The van der Waals surface area contributed by atoms with Crippen LogP contribution in [0.15, 0.2) is 24.3 Å². The quantitative estimate of drug-likeness (QED) is 0.652. The van der Waals surface area contributed by atoms with E-state index in [9.17, 15) is 18.3 Å². The first kappa shape index (κ1) is 14.5. The third-order valence-electron chi connectivity index (χ3n) is 1.86. The van der Waals surface area contributed by atoms with Crippen molar-refractivity contribution in [2.75, 3.05) is 0 Å². The maximum absolute atomic E-state index is 12.3. The monoisotopic (exact) mass is 424 g/mol. The Morgan fingerprint density at radius 1 is 1.00 bits per heavy atom. The summed E-state index contributed by atoms with van der Waals surface area (Å²) in [7, 11) is 0. The van der Waals surface area contributed by atoms with E-state index in [-0.39, 0.29) is 0 Å². The van der Waals surface area contributed by atoms with Gasteiger partial charge in [0.15, 0.2) is 2.14 Å². The second-order valence-corrected chi connectivity index (χ2v) is 10.0. The fourth-order valence-electron chi connectivity index (χ4n) is 1.04. The third kappa shape index (κ3) is 3.72. The Bertz CT molecular complexity index is 356.